The molecule has 2 saturated heterocycles. The number of methoxy groups -OCH3 is 1. The van der Waals surface area contributed by atoms with Crippen molar-refractivity contribution in [1.82, 2.24) is 0 Å². The number of Topliss-reactive ketones (excluding diaryl/α,β-unsaturated/α-hetero) is 1. The van der Waals surface area contributed by atoms with E-state index < -0.39 is 27.9 Å². The number of nitrogens with zero attached hydrogens (tertiary/aromatic N) is 1. The number of fused-ring (bicyclic) bond motifs is 4. The van der Waals surface area contributed by atoms with E-state index in [1.807, 2.05) is 0 Å². The second-order valence-corrected chi connectivity index (χ2v) is 11.7. The minimum absolute atomic E-state index is 0.0954. The van der Waals surface area contributed by atoms with Crippen LogP contribution in [0.15, 0.2) is 0 Å². The Bertz CT molecular complexity index is 987. The molecule has 32 heavy (non-hydrogen) atoms. The predicted octanol–water partition coefficient (Wildman–Crippen LogP) is 3.10. The number of ketones is 1. The van der Waals surface area contributed by atoms with Crippen LogP contribution in [-0.2, 0) is 28.6 Å². The first-order chi connectivity index (χ1) is 15.1. The Hall–Kier alpha value is -1.94. The van der Waals surface area contributed by atoms with Crippen LogP contribution in [0, 0.1) is 45.3 Å². The first kappa shape index (κ1) is 20.7. The van der Waals surface area contributed by atoms with Crippen LogP contribution in [0.25, 0.3) is 0 Å². The molecule has 0 aromatic heterocycles. The molecule has 9 atom stereocenters. The number of carbonyl (C=O) groups is 3. The summed E-state index contributed by atoms with van der Waals surface area (Å²) in [7, 11) is 1.40. The lowest BCUT2D eigenvalue weighted by atomic mass is 9.37. The molecule has 172 valence electrons. The number of nitriles is 1. The molecule has 6 aliphatic rings. The lowest BCUT2D eigenvalue weighted by Gasteiger charge is -2.63. The Morgan fingerprint density at radius 3 is 2.59 bits per heavy atom. The summed E-state index contributed by atoms with van der Waals surface area (Å²) < 4.78 is 17.9. The van der Waals surface area contributed by atoms with Crippen molar-refractivity contribution in [3.63, 3.8) is 0 Å². The van der Waals surface area contributed by atoms with Gasteiger partial charge in [0.25, 0.3) is 0 Å². The fourth-order valence-corrected chi connectivity index (χ4v) is 9.46. The average molecular weight is 442 g/mol. The zero-order valence-corrected chi connectivity index (χ0v) is 19.1. The van der Waals surface area contributed by atoms with Gasteiger partial charge in [0, 0.05) is 36.0 Å². The minimum atomic E-state index is -0.920. The van der Waals surface area contributed by atoms with Gasteiger partial charge in [-0.2, -0.15) is 5.26 Å². The molecule has 0 bridgehead atoms. The largest absolute Gasteiger partial charge is 0.469 e. The third-order valence-electron chi connectivity index (χ3n) is 11.1. The van der Waals surface area contributed by atoms with Gasteiger partial charge in [0.2, 0.25) is 0 Å². The summed E-state index contributed by atoms with van der Waals surface area (Å²) in [6.45, 7) is 4.36. The first-order valence-electron chi connectivity index (χ1n) is 12.0. The second-order valence-electron chi connectivity index (χ2n) is 11.7. The standard InChI is InChI=1S/C25H31NO6/c1-21-12-17-25(31-17)19(16(21)5-8-24(21)9-6-18(28)32-24)15(20(29)30-3)11-23(13-26)10-14(27)4-7-22(23,25)2/h15-17,19H,4-12H2,1-3H3/t15-,16?,17+,19?,21+,22+,23+,24-,25-/m1/s1. The third-order valence-corrected chi connectivity index (χ3v) is 11.1. The van der Waals surface area contributed by atoms with Crippen molar-refractivity contribution >= 4 is 17.7 Å². The lowest BCUT2D eigenvalue weighted by molar-refractivity contribution is -0.193. The Labute approximate surface area is 188 Å². The highest BCUT2D eigenvalue weighted by atomic mass is 16.6. The van der Waals surface area contributed by atoms with E-state index in [0.717, 1.165) is 25.7 Å². The van der Waals surface area contributed by atoms with Gasteiger partial charge in [-0.15, -0.1) is 0 Å². The van der Waals surface area contributed by atoms with Crippen LogP contribution >= 0.6 is 0 Å². The highest BCUT2D eigenvalue weighted by molar-refractivity contribution is 5.82. The quantitative estimate of drug-likeness (QED) is 0.455. The molecule has 0 aromatic carbocycles. The topological polar surface area (TPSA) is 106 Å². The van der Waals surface area contributed by atoms with E-state index >= 15 is 0 Å². The van der Waals surface area contributed by atoms with Gasteiger partial charge in [-0.05, 0) is 44.4 Å². The zero-order valence-electron chi connectivity index (χ0n) is 19.1. The van der Waals surface area contributed by atoms with Crippen molar-refractivity contribution in [2.45, 2.75) is 88.9 Å². The summed E-state index contributed by atoms with van der Waals surface area (Å²) in [5.74, 6) is -0.806. The molecule has 6 fully saturated rings. The highest BCUT2D eigenvalue weighted by Gasteiger charge is 2.86. The Morgan fingerprint density at radius 1 is 1.16 bits per heavy atom. The number of esters is 2. The molecule has 4 saturated carbocycles. The number of ether oxygens (including phenoxy) is 3. The maximum Gasteiger partial charge on any atom is 0.309 e. The summed E-state index contributed by atoms with van der Waals surface area (Å²) in [5, 5.41) is 10.4. The molecule has 0 radical (unpaired) electrons. The molecule has 6 rings (SSSR count). The number of hydrogen-bond donors (Lipinski definition) is 0. The molecule has 7 heteroatoms. The number of carbonyl (C=O) groups excluding carboxylic acids is 3. The van der Waals surface area contributed by atoms with Crippen molar-refractivity contribution < 1.29 is 28.6 Å². The molecule has 2 spiro atoms. The summed E-state index contributed by atoms with van der Waals surface area (Å²) in [4.78, 5) is 37.9. The van der Waals surface area contributed by atoms with Crippen molar-refractivity contribution in [3.05, 3.63) is 0 Å². The second kappa shape index (κ2) is 5.94. The SMILES string of the molecule is COC(=O)[C@@H]1C[C@]2(C#N)CC(=O)CC[C@]2(C)[C@@]23O[C@H]2C[C@@]2(C)C(CC[C@@]24CCC(=O)O4)C13. The van der Waals surface area contributed by atoms with Gasteiger partial charge in [0.15, 0.2) is 0 Å². The molecule has 4 aliphatic carbocycles. The van der Waals surface area contributed by atoms with Crippen LogP contribution in [0.2, 0.25) is 0 Å². The highest BCUT2D eigenvalue weighted by Crippen LogP contribution is 2.80. The van der Waals surface area contributed by atoms with Crippen LogP contribution < -0.4 is 0 Å². The average Bonchev–Trinajstić information content (AvgIpc) is 3.25. The minimum Gasteiger partial charge on any atom is -0.469 e. The number of hydrogen-bond acceptors (Lipinski definition) is 7. The first-order valence-corrected chi connectivity index (χ1v) is 12.0. The van der Waals surface area contributed by atoms with E-state index in [0.29, 0.717) is 25.7 Å². The normalized spacial score (nSPS) is 55.2. The smallest absolute Gasteiger partial charge is 0.309 e. The molecule has 2 aliphatic heterocycles. The molecular formula is C25H31NO6. The van der Waals surface area contributed by atoms with E-state index in [9.17, 15) is 19.6 Å². The number of epoxide rings is 1. The Balaban J connectivity index is 1.51. The van der Waals surface area contributed by atoms with Gasteiger partial charge < -0.3 is 14.2 Å². The van der Waals surface area contributed by atoms with Crippen LogP contribution in [-0.4, -0.2) is 42.1 Å². The van der Waals surface area contributed by atoms with Crippen LogP contribution in [0.3, 0.4) is 0 Å². The van der Waals surface area contributed by atoms with Crippen molar-refractivity contribution in [1.29, 1.82) is 5.26 Å². The maximum absolute atomic E-state index is 13.2. The maximum atomic E-state index is 13.2. The zero-order chi connectivity index (χ0) is 22.7. The number of rotatable bonds is 1. The van der Waals surface area contributed by atoms with Crippen LogP contribution in [0.4, 0.5) is 0 Å². The monoisotopic (exact) mass is 441 g/mol. The van der Waals surface area contributed by atoms with Crippen molar-refractivity contribution in [3.8, 4) is 6.07 Å². The molecular weight excluding hydrogens is 410 g/mol. The van der Waals surface area contributed by atoms with Crippen molar-refractivity contribution in [2.75, 3.05) is 7.11 Å². The fraction of sp³-hybridized carbons (Fsp3) is 0.840. The van der Waals surface area contributed by atoms with E-state index in [-0.39, 0.29) is 47.5 Å². The van der Waals surface area contributed by atoms with Gasteiger partial charge in [0.1, 0.15) is 17.0 Å². The predicted molar refractivity (Wildman–Crippen MR) is 110 cm³/mol. The molecule has 2 heterocycles. The molecule has 0 amide bonds. The van der Waals surface area contributed by atoms with E-state index in [2.05, 4.69) is 19.9 Å². The molecule has 2 unspecified atom stereocenters. The van der Waals surface area contributed by atoms with Gasteiger partial charge in [0.05, 0.1) is 30.6 Å². The van der Waals surface area contributed by atoms with Gasteiger partial charge >= 0.3 is 11.9 Å². The Kier molecular flexibility index (Phi) is 3.83. The van der Waals surface area contributed by atoms with E-state index in [1.54, 1.807) is 0 Å². The summed E-state index contributed by atoms with van der Waals surface area (Å²) in [6.07, 6.45) is 5.10. The third kappa shape index (κ3) is 2.01. The fourth-order valence-electron chi connectivity index (χ4n) is 9.46. The van der Waals surface area contributed by atoms with Crippen LogP contribution in [0.5, 0.6) is 0 Å². The van der Waals surface area contributed by atoms with Gasteiger partial charge in [-0.1, -0.05) is 13.8 Å². The lowest BCUT2D eigenvalue weighted by Crippen LogP contribution is -2.68. The summed E-state index contributed by atoms with van der Waals surface area (Å²) in [6, 6.07) is 2.53. The Morgan fingerprint density at radius 2 is 1.94 bits per heavy atom. The van der Waals surface area contributed by atoms with Gasteiger partial charge in [-0.25, -0.2) is 0 Å². The van der Waals surface area contributed by atoms with Gasteiger partial charge in [-0.3, -0.25) is 14.4 Å². The summed E-state index contributed by atoms with van der Waals surface area (Å²) in [5.41, 5.74) is -2.77. The molecule has 0 aromatic rings. The van der Waals surface area contributed by atoms with Crippen LogP contribution in [0.1, 0.15) is 71.6 Å². The van der Waals surface area contributed by atoms with E-state index in [1.165, 1.54) is 7.11 Å². The summed E-state index contributed by atoms with van der Waals surface area (Å²) >= 11 is 0. The van der Waals surface area contributed by atoms with E-state index in [4.69, 9.17) is 14.2 Å². The molecule has 0 N–H and O–H groups in total. The molecule has 7 nitrogen and oxygen atoms in total. The van der Waals surface area contributed by atoms with Crippen molar-refractivity contribution in [2.24, 2.45) is 34.0 Å².